The van der Waals surface area contributed by atoms with Crippen LogP contribution in [0.5, 0.6) is 0 Å². The zero-order chi connectivity index (χ0) is 15.8. The van der Waals surface area contributed by atoms with Crippen LogP contribution in [0.3, 0.4) is 0 Å². The summed E-state index contributed by atoms with van der Waals surface area (Å²) in [5, 5.41) is 8.81. The molecular weight excluding hydrogens is 286 g/mol. The molecule has 120 valence electrons. The lowest BCUT2D eigenvalue weighted by Gasteiger charge is -2.06. The van der Waals surface area contributed by atoms with Gasteiger partial charge in [-0.1, -0.05) is 32.6 Å². The Morgan fingerprint density at radius 1 is 1.32 bits per heavy atom. The number of aromatic nitrogens is 4. The number of hydrogen-bond acceptors (Lipinski definition) is 7. The van der Waals surface area contributed by atoms with Crippen LogP contribution in [0.4, 0.5) is 5.95 Å². The summed E-state index contributed by atoms with van der Waals surface area (Å²) in [5.41, 5.74) is 2.93. The van der Waals surface area contributed by atoms with Gasteiger partial charge in [-0.05, 0) is 6.42 Å². The molecule has 0 atom stereocenters. The highest BCUT2D eigenvalue weighted by atomic mass is 16.5. The minimum absolute atomic E-state index is 0.0478. The Morgan fingerprint density at radius 2 is 2.14 bits per heavy atom. The predicted octanol–water partition coefficient (Wildman–Crippen LogP) is 2.49. The monoisotopic (exact) mass is 307 g/mol. The van der Waals surface area contributed by atoms with Crippen molar-refractivity contribution in [3.8, 4) is 0 Å². The van der Waals surface area contributed by atoms with Gasteiger partial charge < -0.3 is 4.74 Å². The quantitative estimate of drug-likeness (QED) is 0.417. The van der Waals surface area contributed by atoms with E-state index in [1.165, 1.54) is 25.4 Å². The summed E-state index contributed by atoms with van der Waals surface area (Å²) in [4.78, 5) is 23.7. The highest BCUT2D eigenvalue weighted by Gasteiger charge is 2.08. The Balaban J connectivity index is 1.82. The van der Waals surface area contributed by atoms with Gasteiger partial charge >= 0.3 is 5.97 Å². The third-order valence-corrected chi connectivity index (χ3v) is 3.31. The second-order valence-corrected chi connectivity index (χ2v) is 5.04. The number of nitrogens with zero attached hydrogens (tertiary/aromatic N) is 4. The first-order chi connectivity index (χ1) is 10.7. The molecule has 8 heteroatoms. The number of ether oxygens (including phenoxy) is 1. The SMILES string of the molecule is CCCCCCCC(=O)OCn1cnc2cnc(NO)nc21. The first-order valence-corrected chi connectivity index (χ1v) is 7.48. The summed E-state index contributed by atoms with van der Waals surface area (Å²) in [7, 11) is 0. The van der Waals surface area contributed by atoms with E-state index in [0.29, 0.717) is 17.6 Å². The Labute approximate surface area is 128 Å². The molecule has 22 heavy (non-hydrogen) atoms. The van der Waals surface area contributed by atoms with Crippen LogP contribution < -0.4 is 5.48 Å². The summed E-state index contributed by atoms with van der Waals surface area (Å²) < 4.78 is 6.81. The number of carbonyl (C=O) groups excluding carboxylic acids is 1. The molecule has 0 bridgehead atoms. The van der Waals surface area contributed by atoms with Gasteiger partial charge in [0.15, 0.2) is 12.4 Å². The van der Waals surface area contributed by atoms with Gasteiger partial charge in [-0.3, -0.25) is 14.6 Å². The maximum absolute atomic E-state index is 11.7. The standard InChI is InChI=1S/C14H21N5O3/c1-2-3-4-5-6-7-12(20)22-10-19-9-16-11-8-15-14(18-21)17-13(11)19/h8-9,21H,2-7,10H2,1H3,(H,15,17,18). The van der Waals surface area contributed by atoms with E-state index in [2.05, 4.69) is 21.9 Å². The van der Waals surface area contributed by atoms with E-state index < -0.39 is 0 Å². The molecule has 0 aromatic carbocycles. The number of nitrogens with one attached hydrogen (secondary N) is 1. The first-order valence-electron chi connectivity index (χ1n) is 7.48. The Hall–Kier alpha value is -2.22. The summed E-state index contributed by atoms with van der Waals surface area (Å²) in [6, 6.07) is 0. The molecule has 0 saturated carbocycles. The van der Waals surface area contributed by atoms with Crippen LogP contribution in [-0.2, 0) is 16.3 Å². The van der Waals surface area contributed by atoms with Crippen molar-refractivity contribution in [2.24, 2.45) is 0 Å². The van der Waals surface area contributed by atoms with Crippen molar-refractivity contribution < 1.29 is 14.7 Å². The van der Waals surface area contributed by atoms with Gasteiger partial charge in [0.2, 0.25) is 5.95 Å². The molecule has 0 unspecified atom stereocenters. The van der Waals surface area contributed by atoms with Crippen LogP contribution in [0.25, 0.3) is 11.2 Å². The average Bonchev–Trinajstić information content (AvgIpc) is 2.94. The molecule has 0 radical (unpaired) electrons. The van der Waals surface area contributed by atoms with E-state index >= 15 is 0 Å². The second kappa shape index (κ2) is 8.28. The molecule has 2 aromatic rings. The van der Waals surface area contributed by atoms with Gasteiger partial charge in [0, 0.05) is 6.42 Å². The Morgan fingerprint density at radius 3 is 2.91 bits per heavy atom. The molecule has 0 spiro atoms. The van der Waals surface area contributed by atoms with E-state index in [9.17, 15) is 4.79 Å². The molecule has 0 fully saturated rings. The fraction of sp³-hybridized carbons (Fsp3) is 0.571. The molecule has 0 amide bonds. The van der Waals surface area contributed by atoms with Crippen LogP contribution >= 0.6 is 0 Å². The fourth-order valence-electron chi connectivity index (χ4n) is 2.09. The average molecular weight is 307 g/mol. The molecular formula is C14H21N5O3. The van der Waals surface area contributed by atoms with E-state index in [0.717, 1.165) is 19.3 Å². The minimum Gasteiger partial charge on any atom is -0.444 e. The molecule has 0 aliphatic carbocycles. The number of esters is 1. The lowest BCUT2D eigenvalue weighted by molar-refractivity contribution is -0.147. The van der Waals surface area contributed by atoms with Gasteiger partial charge in [-0.2, -0.15) is 4.98 Å². The predicted molar refractivity (Wildman–Crippen MR) is 80.2 cm³/mol. The summed E-state index contributed by atoms with van der Waals surface area (Å²) in [6.07, 6.45) is 8.88. The third kappa shape index (κ3) is 4.39. The first kappa shape index (κ1) is 16.2. The maximum atomic E-state index is 11.7. The molecule has 2 heterocycles. The molecule has 2 N–H and O–H groups in total. The zero-order valence-corrected chi connectivity index (χ0v) is 12.7. The number of fused-ring (bicyclic) bond motifs is 1. The fourth-order valence-corrected chi connectivity index (χ4v) is 2.09. The topological polar surface area (TPSA) is 102 Å². The van der Waals surface area contributed by atoms with Crippen LogP contribution in [0.2, 0.25) is 0 Å². The lowest BCUT2D eigenvalue weighted by Crippen LogP contribution is -2.09. The van der Waals surface area contributed by atoms with Gasteiger partial charge in [-0.25, -0.2) is 15.4 Å². The maximum Gasteiger partial charge on any atom is 0.307 e. The molecule has 2 aromatic heterocycles. The van der Waals surface area contributed by atoms with E-state index in [1.807, 2.05) is 5.48 Å². The molecule has 0 aliphatic rings. The number of carbonyl (C=O) groups is 1. The number of imidazole rings is 1. The largest absolute Gasteiger partial charge is 0.444 e. The Kier molecular flexibility index (Phi) is 6.08. The van der Waals surface area contributed by atoms with Gasteiger partial charge in [0.25, 0.3) is 0 Å². The third-order valence-electron chi connectivity index (χ3n) is 3.31. The molecule has 0 saturated heterocycles. The van der Waals surface area contributed by atoms with Crippen molar-refractivity contribution in [1.82, 2.24) is 19.5 Å². The van der Waals surface area contributed by atoms with Crippen molar-refractivity contribution in [2.75, 3.05) is 5.48 Å². The van der Waals surface area contributed by atoms with E-state index in [-0.39, 0.29) is 18.6 Å². The van der Waals surface area contributed by atoms with Gasteiger partial charge in [-0.15, -0.1) is 0 Å². The number of anilines is 1. The zero-order valence-electron chi connectivity index (χ0n) is 12.7. The van der Waals surface area contributed by atoms with Crippen molar-refractivity contribution in [1.29, 1.82) is 0 Å². The molecule has 2 rings (SSSR count). The van der Waals surface area contributed by atoms with Crippen molar-refractivity contribution >= 4 is 23.1 Å². The Bertz CT molecular complexity index is 614. The van der Waals surface area contributed by atoms with Crippen molar-refractivity contribution in [2.45, 2.75) is 52.2 Å². The van der Waals surface area contributed by atoms with Crippen LogP contribution in [0.1, 0.15) is 45.4 Å². The van der Waals surface area contributed by atoms with Crippen LogP contribution in [0.15, 0.2) is 12.5 Å². The van der Waals surface area contributed by atoms with Crippen molar-refractivity contribution in [3.63, 3.8) is 0 Å². The smallest absolute Gasteiger partial charge is 0.307 e. The van der Waals surface area contributed by atoms with Crippen LogP contribution in [0, 0.1) is 0 Å². The summed E-state index contributed by atoms with van der Waals surface area (Å²) in [5.74, 6) is -0.163. The second-order valence-electron chi connectivity index (χ2n) is 5.04. The number of hydrogen-bond donors (Lipinski definition) is 2. The minimum atomic E-state index is -0.229. The normalized spacial score (nSPS) is 10.8. The highest BCUT2D eigenvalue weighted by molar-refractivity contribution is 5.71. The number of rotatable bonds is 9. The molecule has 8 nitrogen and oxygen atoms in total. The highest BCUT2D eigenvalue weighted by Crippen LogP contribution is 2.11. The summed E-state index contributed by atoms with van der Waals surface area (Å²) >= 11 is 0. The lowest BCUT2D eigenvalue weighted by atomic mass is 10.1. The summed E-state index contributed by atoms with van der Waals surface area (Å²) in [6.45, 7) is 2.21. The van der Waals surface area contributed by atoms with Gasteiger partial charge in [0.1, 0.15) is 5.52 Å². The van der Waals surface area contributed by atoms with Gasteiger partial charge in [0.05, 0.1) is 12.5 Å². The van der Waals surface area contributed by atoms with E-state index in [4.69, 9.17) is 9.94 Å². The van der Waals surface area contributed by atoms with Crippen molar-refractivity contribution in [3.05, 3.63) is 12.5 Å². The van der Waals surface area contributed by atoms with E-state index in [1.54, 1.807) is 4.57 Å². The van der Waals surface area contributed by atoms with Crippen LogP contribution in [-0.4, -0.2) is 30.7 Å². The number of unbranched alkanes of at least 4 members (excludes halogenated alkanes) is 4. The molecule has 0 aliphatic heterocycles.